The van der Waals surface area contributed by atoms with Crippen molar-refractivity contribution >= 4 is 11.9 Å². The van der Waals surface area contributed by atoms with Gasteiger partial charge in [0.25, 0.3) is 0 Å². The second kappa shape index (κ2) is 63.3. The second-order valence-electron chi connectivity index (χ2n) is 20.0. The van der Waals surface area contributed by atoms with Crippen molar-refractivity contribution in [2.45, 2.75) is 277 Å². The van der Waals surface area contributed by atoms with Gasteiger partial charge in [0.2, 0.25) is 0 Å². The smallest absolute Gasteiger partial charge is 0.306 e. The van der Waals surface area contributed by atoms with Crippen LogP contribution in [0, 0.1) is 0 Å². The van der Waals surface area contributed by atoms with E-state index in [1.165, 1.54) is 128 Å². The van der Waals surface area contributed by atoms with Gasteiger partial charge >= 0.3 is 11.9 Å². The predicted molar refractivity (Wildman–Crippen MR) is 324 cm³/mol. The Labute approximate surface area is 457 Å². The summed E-state index contributed by atoms with van der Waals surface area (Å²) in [6, 6.07) is 0. The number of esters is 2. The Hall–Kier alpha value is -3.96. The van der Waals surface area contributed by atoms with Crippen LogP contribution >= 0.6 is 0 Å². The third kappa shape index (κ3) is 60.6. The maximum absolute atomic E-state index is 12.3. The molecule has 0 saturated heterocycles. The molecular weight excluding hydrogens is 909 g/mol. The molecule has 0 fully saturated rings. The SMILES string of the molecule is CC/C=C\C/C=C\C/C=C\C/C=C\C/C=C\C/C=C\C/C=C\CCCCCC(=O)OC(CO)COC(=O)CCCCCCCCCCCCCCCCCCCCCCCC/C=C\C/C=C\C/C=C\C/C=C\CC. The molecule has 0 radical (unpaired) electrons. The molecule has 5 heteroatoms. The molecule has 74 heavy (non-hydrogen) atoms. The molecule has 5 nitrogen and oxygen atoms in total. The standard InChI is InChI=1S/C69H114O5/c1-3-5-7-9-11-13-15-17-19-21-23-25-27-29-30-31-32-33-34-35-36-37-38-40-41-43-45-47-49-51-53-55-57-59-61-63-68(71)73-66-67(65-70)74-69(72)64-62-60-58-56-54-52-50-48-46-44-42-39-28-26-24-22-20-18-16-14-12-10-8-6-4-2/h5-8,11-14,17-20,23-26,39,42,46,48,52,54,67,70H,3-4,9-10,15-16,21-22,27-38,40-41,43-45,47,49-51,53,55-66H2,1-2H3/b7-5-,8-6-,13-11-,14-12-,19-17-,20-18-,25-23-,26-24-,42-39-,48-46-,54-52-. The van der Waals surface area contributed by atoms with Gasteiger partial charge in [-0.25, -0.2) is 0 Å². The summed E-state index contributed by atoms with van der Waals surface area (Å²) in [6.07, 6.45) is 94.5. The molecule has 0 spiro atoms. The lowest BCUT2D eigenvalue weighted by Crippen LogP contribution is -2.28. The van der Waals surface area contributed by atoms with E-state index in [1.54, 1.807) is 0 Å². The molecule has 0 amide bonds. The van der Waals surface area contributed by atoms with Gasteiger partial charge in [-0.2, -0.15) is 0 Å². The molecule has 0 heterocycles. The summed E-state index contributed by atoms with van der Waals surface area (Å²) in [5.74, 6) is -0.628. The first-order chi connectivity index (χ1) is 36.6. The van der Waals surface area contributed by atoms with Gasteiger partial charge in [0.15, 0.2) is 6.10 Å². The summed E-state index contributed by atoms with van der Waals surface area (Å²) in [7, 11) is 0. The molecule has 1 N–H and O–H groups in total. The summed E-state index contributed by atoms with van der Waals surface area (Å²) in [5.41, 5.74) is 0. The van der Waals surface area contributed by atoms with Gasteiger partial charge in [0, 0.05) is 12.8 Å². The van der Waals surface area contributed by atoms with Crippen LogP contribution in [0.3, 0.4) is 0 Å². The van der Waals surface area contributed by atoms with Crippen LogP contribution in [0.15, 0.2) is 134 Å². The van der Waals surface area contributed by atoms with E-state index in [2.05, 4.69) is 148 Å². The number of hydrogen-bond donors (Lipinski definition) is 1. The van der Waals surface area contributed by atoms with Gasteiger partial charge in [-0.1, -0.05) is 282 Å². The van der Waals surface area contributed by atoms with Crippen molar-refractivity contribution in [3.8, 4) is 0 Å². The zero-order valence-corrected chi connectivity index (χ0v) is 48.1. The quantitative estimate of drug-likeness (QED) is 0.0373. The van der Waals surface area contributed by atoms with E-state index >= 15 is 0 Å². The number of aliphatic hydroxyl groups excluding tert-OH is 1. The highest BCUT2D eigenvalue weighted by molar-refractivity contribution is 5.70. The lowest BCUT2D eigenvalue weighted by atomic mass is 10.0. The second-order valence-corrected chi connectivity index (χ2v) is 20.0. The summed E-state index contributed by atoms with van der Waals surface area (Å²) >= 11 is 0. The van der Waals surface area contributed by atoms with Crippen molar-refractivity contribution in [2.24, 2.45) is 0 Å². The molecule has 0 aromatic rings. The summed E-state index contributed by atoms with van der Waals surface area (Å²) < 4.78 is 10.7. The van der Waals surface area contributed by atoms with Crippen molar-refractivity contribution in [2.75, 3.05) is 13.2 Å². The third-order valence-corrected chi connectivity index (χ3v) is 12.9. The van der Waals surface area contributed by atoms with E-state index < -0.39 is 6.10 Å². The minimum Gasteiger partial charge on any atom is -0.462 e. The zero-order chi connectivity index (χ0) is 53.4. The molecule has 0 bridgehead atoms. The van der Waals surface area contributed by atoms with Crippen LogP contribution in [0.25, 0.3) is 0 Å². The minimum absolute atomic E-state index is 0.0848. The van der Waals surface area contributed by atoms with Gasteiger partial charge in [0.05, 0.1) is 6.61 Å². The van der Waals surface area contributed by atoms with E-state index in [0.29, 0.717) is 12.8 Å². The maximum Gasteiger partial charge on any atom is 0.306 e. The Morgan fingerprint density at radius 1 is 0.311 bits per heavy atom. The number of unbranched alkanes of at least 4 members (excludes halogenated alkanes) is 25. The molecule has 0 aliphatic heterocycles. The Morgan fingerprint density at radius 2 is 0.541 bits per heavy atom. The number of rotatable bonds is 55. The first kappa shape index (κ1) is 70.0. The Morgan fingerprint density at radius 3 is 0.824 bits per heavy atom. The highest BCUT2D eigenvalue weighted by Crippen LogP contribution is 2.16. The Bertz CT molecular complexity index is 1530. The first-order valence-corrected chi connectivity index (χ1v) is 30.7. The van der Waals surface area contributed by atoms with Crippen LogP contribution in [0.4, 0.5) is 0 Å². The van der Waals surface area contributed by atoms with Gasteiger partial charge < -0.3 is 14.6 Å². The lowest BCUT2D eigenvalue weighted by Gasteiger charge is -2.15. The highest BCUT2D eigenvalue weighted by atomic mass is 16.6. The monoisotopic (exact) mass is 1020 g/mol. The van der Waals surface area contributed by atoms with Crippen molar-refractivity contribution in [1.29, 1.82) is 0 Å². The third-order valence-electron chi connectivity index (χ3n) is 12.9. The van der Waals surface area contributed by atoms with Crippen LogP contribution in [0.2, 0.25) is 0 Å². The van der Waals surface area contributed by atoms with Gasteiger partial charge in [-0.05, 0) is 109 Å². The number of hydrogen-bond acceptors (Lipinski definition) is 5. The molecular formula is C69H114O5. The largest absolute Gasteiger partial charge is 0.462 e. The van der Waals surface area contributed by atoms with Gasteiger partial charge in [0.1, 0.15) is 6.61 Å². The fourth-order valence-corrected chi connectivity index (χ4v) is 8.41. The van der Waals surface area contributed by atoms with Crippen LogP contribution < -0.4 is 0 Å². The Kier molecular flexibility index (Phi) is 59.9. The summed E-state index contributed by atoms with van der Waals surface area (Å²) in [4.78, 5) is 24.6. The molecule has 0 saturated carbocycles. The van der Waals surface area contributed by atoms with E-state index in [0.717, 1.165) is 116 Å². The van der Waals surface area contributed by atoms with Gasteiger partial charge in [-0.3, -0.25) is 9.59 Å². The Balaban J connectivity index is 3.52. The number of ether oxygens (including phenoxy) is 2. The molecule has 0 aliphatic rings. The maximum atomic E-state index is 12.3. The molecule has 0 aliphatic carbocycles. The zero-order valence-electron chi connectivity index (χ0n) is 48.1. The van der Waals surface area contributed by atoms with Crippen molar-refractivity contribution in [1.82, 2.24) is 0 Å². The predicted octanol–water partition coefficient (Wildman–Crippen LogP) is 21.2. The van der Waals surface area contributed by atoms with E-state index in [-0.39, 0.29) is 25.2 Å². The van der Waals surface area contributed by atoms with Crippen LogP contribution in [-0.2, 0) is 19.1 Å². The van der Waals surface area contributed by atoms with Crippen molar-refractivity contribution < 1.29 is 24.2 Å². The molecule has 1 unspecified atom stereocenters. The normalized spacial score (nSPS) is 13.2. The van der Waals surface area contributed by atoms with E-state index in [9.17, 15) is 14.7 Å². The fourth-order valence-electron chi connectivity index (χ4n) is 8.41. The average molecular weight is 1020 g/mol. The number of allylic oxidation sites excluding steroid dienone is 22. The molecule has 0 aromatic carbocycles. The van der Waals surface area contributed by atoms with E-state index in [1.807, 2.05) is 0 Å². The summed E-state index contributed by atoms with van der Waals surface area (Å²) in [5, 5.41) is 9.67. The number of carbonyl (C=O) groups excluding carboxylic acids is 2. The van der Waals surface area contributed by atoms with E-state index in [4.69, 9.17) is 9.47 Å². The van der Waals surface area contributed by atoms with Crippen LogP contribution in [0.5, 0.6) is 0 Å². The van der Waals surface area contributed by atoms with Crippen LogP contribution in [0.1, 0.15) is 271 Å². The summed E-state index contributed by atoms with van der Waals surface area (Å²) in [6.45, 7) is 3.90. The minimum atomic E-state index is -0.799. The van der Waals surface area contributed by atoms with Gasteiger partial charge in [-0.15, -0.1) is 0 Å². The molecule has 1 atom stereocenters. The highest BCUT2D eigenvalue weighted by Gasteiger charge is 2.16. The molecule has 0 aromatic heterocycles. The average Bonchev–Trinajstić information content (AvgIpc) is 3.40. The lowest BCUT2D eigenvalue weighted by molar-refractivity contribution is -0.161. The number of carbonyl (C=O) groups is 2. The fraction of sp³-hybridized carbons (Fsp3) is 0.652. The van der Waals surface area contributed by atoms with Crippen molar-refractivity contribution in [3.05, 3.63) is 134 Å². The topological polar surface area (TPSA) is 72.8 Å². The van der Waals surface area contributed by atoms with Crippen LogP contribution in [-0.4, -0.2) is 36.4 Å². The van der Waals surface area contributed by atoms with Crippen molar-refractivity contribution in [3.63, 3.8) is 0 Å². The number of aliphatic hydroxyl groups is 1. The molecule has 0 rings (SSSR count). The molecule has 420 valence electrons. The first-order valence-electron chi connectivity index (χ1n) is 30.7.